The molecule has 0 aliphatic rings. The standard InChI is InChI=1S/C15H15ClO3S2/c16-12-6-8-14(9-7-12)20-10-13(17)11-21(18,19)15-4-2-1-3-5-15/h1-9,13,17H,10-11H2. The minimum Gasteiger partial charge on any atom is -0.391 e. The van der Waals surface area contributed by atoms with E-state index in [-0.39, 0.29) is 10.6 Å². The second-order valence-corrected chi connectivity index (χ2v) is 8.08. The van der Waals surface area contributed by atoms with Gasteiger partial charge >= 0.3 is 0 Å². The molecule has 0 saturated heterocycles. The van der Waals surface area contributed by atoms with Crippen molar-refractivity contribution in [1.29, 1.82) is 0 Å². The molecule has 0 aliphatic heterocycles. The predicted molar refractivity (Wildman–Crippen MR) is 86.7 cm³/mol. The van der Waals surface area contributed by atoms with Gasteiger partial charge in [-0.2, -0.15) is 0 Å². The minimum atomic E-state index is -3.46. The summed E-state index contributed by atoms with van der Waals surface area (Å²) in [5.41, 5.74) is 0. The molecule has 1 unspecified atom stereocenters. The zero-order valence-corrected chi connectivity index (χ0v) is 13.5. The molecule has 0 saturated carbocycles. The summed E-state index contributed by atoms with van der Waals surface area (Å²) in [6, 6.07) is 15.4. The summed E-state index contributed by atoms with van der Waals surface area (Å²) in [5.74, 6) is 0.0330. The molecular formula is C15H15ClO3S2. The van der Waals surface area contributed by atoms with E-state index in [0.29, 0.717) is 10.8 Å². The molecule has 3 nitrogen and oxygen atoms in total. The van der Waals surface area contributed by atoms with Crippen LogP contribution in [0.5, 0.6) is 0 Å². The average Bonchev–Trinajstić information content (AvgIpc) is 2.47. The van der Waals surface area contributed by atoms with E-state index in [4.69, 9.17) is 11.6 Å². The number of aliphatic hydroxyl groups excluding tert-OH is 1. The van der Waals surface area contributed by atoms with Gasteiger partial charge in [-0.25, -0.2) is 8.42 Å². The first kappa shape index (κ1) is 16.4. The first-order chi connectivity index (χ1) is 9.97. The smallest absolute Gasteiger partial charge is 0.180 e. The molecule has 2 rings (SSSR count). The van der Waals surface area contributed by atoms with Crippen molar-refractivity contribution in [2.24, 2.45) is 0 Å². The van der Waals surface area contributed by atoms with Crippen LogP contribution in [0.1, 0.15) is 0 Å². The fourth-order valence-corrected chi connectivity index (χ4v) is 4.24. The molecule has 0 bridgehead atoms. The van der Waals surface area contributed by atoms with E-state index in [9.17, 15) is 13.5 Å². The number of benzene rings is 2. The van der Waals surface area contributed by atoms with Gasteiger partial charge in [0, 0.05) is 15.7 Å². The second kappa shape index (κ2) is 7.31. The van der Waals surface area contributed by atoms with Crippen LogP contribution in [0.15, 0.2) is 64.4 Å². The summed E-state index contributed by atoms with van der Waals surface area (Å²) >= 11 is 7.19. The second-order valence-electron chi connectivity index (χ2n) is 4.51. The molecule has 0 aromatic heterocycles. The fourth-order valence-electron chi connectivity index (χ4n) is 1.75. The van der Waals surface area contributed by atoms with E-state index in [1.54, 1.807) is 30.3 Å². The molecule has 2 aromatic rings. The number of aliphatic hydroxyl groups is 1. The quantitative estimate of drug-likeness (QED) is 0.819. The fraction of sp³-hybridized carbons (Fsp3) is 0.200. The average molecular weight is 343 g/mol. The van der Waals surface area contributed by atoms with Gasteiger partial charge in [-0.3, -0.25) is 0 Å². The first-order valence-electron chi connectivity index (χ1n) is 6.31. The van der Waals surface area contributed by atoms with Crippen LogP contribution in [0.3, 0.4) is 0 Å². The van der Waals surface area contributed by atoms with E-state index in [1.807, 2.05) is 12.1 Å². The molecule has 0 amide bonds. The number of hydrogen-bond donors (Lipinski definition) is 1. The van der Waals surface area contributed by atoms with Crippen LogP contribution in [0, 0.1) is 0 Å². The molecule has 0 radical (unpaired) electrons. The Labute approximate surface area is 133 Å². The van der Waals surface area contributed by atoms with Crippen LogP contribution in [0.2, 0.25) is 5.02 Å². The third-order valence-corrected chi connectivity index (χ3v) is 5.99. The summed E-state index contributed by atoms with van der Waals surface area (Å²) in [4.78, 5) is 1.18. The highest BCUT2D eigenvalue weighted by Crippen LogP contribution is 2.22. The van der Waals surface area contributed by atoms with Crippen molar-refractivity contribution in [2.45, 2.75) is 15.9 Å². The molecule has 0 heterocycles. The Morgan fingerprint density at radius 3 is 2.29 bits per heavy atom. The van der Waals surface area contributed by atoms with E-state index in [2.05, 4.69) is 0 Å². The molecule has 0 spiro atoms. The van der Waals surface area contributed by atoms with Crippen LogP contribution in [0.4, 0.5) is 0 Å². The number of thioether (sulfide) groups is 1. The van der Waals surface area contributed by atoms with Crippen molar-refractivity contribution < 1.29 is 13.5 Å². The van der Waals surface area contributed by atoms with Gasteiger partial charge < -0.3 is 5.11 Å². The largest absolute Gasteiger partial charge is 0.391 e. The Kier molecular flexibility index (Phi) is 5.70. The molecule has 1 N–H and O–H groups in total. The van der Waals surface area contributed by atoms with Crippen LogP contribution in [-0.4, -0.2) is 31.1 Å². The third kappa shape index (κ3) is 5.04. The van der Waals surface area contributed by atoms with Gasteiger partial charge in [0.1, 0.15) is 0 Å². The van der Waals surface area contributed by atoms with Crippen molar-refractivity contribution in [2.75, 3.05) is 11.5 Å². The van der Waals surface area contributed by atoms with Gasteiger partial charge in [-0.1, -0.05) is 29.8 Å². The Balaban J connectivity index is 1.92. The van der Waals surface area contributed by atoms with Gasteiger partial charge in [0.05, 0.1) is 16.8 Å². The maximum absolute atomic E-state index is 12.1. The number of hydrogen-bond acceptors (Lipinski definition) is 4. The lowest BCUT2D eigenvalue weighted by atomic mass is 10.4. The lowest BCUT2D eigenvalue weighted by Crippen LogP contribution is -2.23. The topological polar surface area (TPSA) is 54.4 Å². The Morgan fingerprint density at radius 1 is 1.05 bits per heavy atom. The van der Waals surface area contributed by atoms with E-state index in [1.165, 1.54) is 23.9 Å². The summed E-state index contributed by atoms with van der Waals surface area (Å²) < 4.78 is 24.2. The van der Waals surface area contributed by atoms with Gasteiger partial charge in [0.15, 0.2) is 9.84 Å². The Bertz CT molecular complexity index is 670. The highest BCUT2D eigenvalue weighted by molar-refractivity contribution is 7.99. The first-order valence-corrected chi connectivity index (χ1v) is 9.33. The van der Waals surface area contributed by atoms with Crippen LogP contribution in [-0.2, 0) is 9.84 Å². The van der Waals surface area contributed by atoms with E-state index < -0.39 is 15.9 Å². The molecule has 0 fully saturated rings. The molecule has 112 valence electrons. The maximum atomic E-state index is 12.1. The summed E-state index contributed by atoms with van der Waals surface area (Å²) in [5, 5.41) is 10.6. The van der Waals surface area contributed by atoms with Crippen molar-refractivity contribution in [3.05, 3.63) is 59.6 Å². The zero-order valence-electron chi connectivity index (χ0n) is 11.1. The molecule has 6 heteroatoms. The van der Waals surface area contributed by atoms with Crippen molar-refractivity contribution in [1.82, 2.24) is 0 Å². The van der Waals surface area contributed by atoms with Gasteiger partial charge in [-0.05, 0) is 36.4 Å². The van der Waals surface area contributed by atoms with Crippen molar-refractivity contribution >= 4 is 33.2 Å². The highest BCUT2D eigenvalue weighted by Gasteiger charge is 2.19. The SMILES string of the molecule is O=S(=O)(CC(O)CSc1ccc(Cl)cc1)c1ccccc1. The molecule has 21 heavy (non-hydrogen) atoms. The maximum Gasteiger partial charge on any atom is 0.180 e. The van der Waals surface area contributed by atoms with Gasteiger partial charge in [-0.15, -0.1) is 11.8 Å². The minimum absolute atomic E-state index is 0.237. The van der Waals surface area contributed by atoms with E-state index in [0.717, 1.165) is 4.90 Å². The summed E-state index contributed by atoms with van der Waals surface area (Å²) in [6.07, 6.45) is -0.920. The number of sulfone groups is 1. The van der Waals surface area contributed by atoms with Gasteiger partial charge in [0.2, 0.25) is 0 Å². The molecular weight excluding hydrogens is 328 g/mol. The van der Waals surface area contributed by atoms with Crippen molar-refractivity contribution in [3.8, 4) is 0 Å². The summed E-state index contributed by atoms with van der Waals surface area (Å²) in [6.45, 7) is 0. The van der Waals surface area contributed by atoms with E-state index >= 15 is 0 Å². The predicted octanol–water partition coefficient (Wildman–Crippen LogP) is 3.27. The molecule has 1 atom stereocenters. The lowest BCUT2D eigenvalue weighted by Gasteiger charge is -2.11. The highest BCUT2D eigenvalue weighted by atomic mass is 35.5. The normalized spacial score (nSPS) is 13.0. The number of halogens is 1. The van der Waals surface area contributed by atoms with Crippen molar-refractivity contribution in [3.63, 3.8) is 0 Å². The Hall–Kier alpha value is -1.01. The third-order valence-electron chi connectivity index (χ3n) is 2.77. The van der Waals surface area contributed by atoms with Crippen LogP contribution < -0.4 is 0 Å². The zero-order chi connectivity index (χ0) is 15.3. The number of rotatable bonds is 6. The lowest BCUT2D eigenvalue weighted by molar-refractivity contribution is 0.222. The molecule has 2 aromatic carbocycles. The Morgan fingerprint density at radius 2 is 1.67 bits per heavy atom. The summed E-state index contributed by atoms with van der Waals surface area (Å²) in [7, 11) is -3.46. The monoisotopic (exact) mass is 342 g/mol. The molecule has 0 aliphatic carbocycles. The van der Waals surface area contributed by atoms with Gasteiger partial charge in [0.25, 0.3) is 0 Å². The van der Waals surface area contributed by atoms with Crippen LogP contribution in [0.25, 0.3) is 0 Å². The van der Waals surface area contributed by atoms with Crippen LogP contribution >= 0.6 is 23.4 Å².